The van der Waals surface area contributed by atoms with Gasteiger partial charge >= 0.3 is 11.9 Å². The molecule has 0 amide bonds. The highest BCUT2D eigenvalue weighted by Gasteiger charge is 2.27. The van der Waals surface area contributed by atoms with Crippen LogP contribution in [0, 0.1) is 15.9 Å². The summed E-state index contributed by atoms with van der Waals surface area (Å²) in [4.78, 5) is 9.49. The maximum absolute atomic E-state index is 13.2. The van der Waals surface area contributed by atoms with Crippen LogP contribution in [0.2, 0.25) is 0 Å². The number of nitro groups is 1. The third-order valence-electron chi connectivity index (χ3n) is 2.08. The molecule has 0 heterocycles. The van der Waals surface area contributed by atoms with E-state index in [9.17, 15) is 27.7 Å². The monoisotopic (exact) mass is 297 g/mol. The maximum Gasteiger partial charge on any atom is 0.411 e. The normalized spacial score (nSPS) is 11.4. The highest BCUT2D eigenvalue weighted by atomic mass is 19.4. The van der Waals surface area contributed by atoms with Crippen LogP contribution in [-0.2, 0) is 4.74 Å². The minimum atomic E-state index is -4.37. The van der Waals surface area contributed by atoms with Crippen LogP contribution in [0.5, 0.6) is 5.75 Å². The lowest BCUT2D eigenvalue weighted by Gasteiger charge is -2.08. The molecule has 5 nitrogen and oxygen atoms in total. The Kier molecular flexibility index (Phi) is 5.68. The lowest BCUT2D eigenvalue weighted by molar-refractivity contribution is -0.387. The average molecular weight is 297 g/mol. The lowest BCUT2D eigenvalue weighted by atomic mass is 10.3. The third kappa shape index (κ3) is 5.83. The molecule has 0 fully saturated rings. The number of rotatable bonds is 7. The minimum absolute atomic E-state index is 0.00904. The van der Waals surface area contributed by atoms with Crippen LogP contribution in [-0.4, -0.2) is 30.9 Å². The Morgan fingerprint density at radius 2 is 1.95 bits per heavy atom. The summed E-state index contributed by atoms with van der Waals surface area (Å²) in [5, 5.41) is 10.4. The fourth-order valence-electron chi connectivity index (χ4n) is 1.26. The van der Waals surface area contributed by atoms with Gasteiger partial charge in [-0.15, -0.1) is 0 Å². The second kappa shape index (κ2) is 7.04. The molecule has 0 bridgehead atoms. The van der Waals surface area contributed by atoms with E-state index in [1.807, 2.05) is 0 Å². The Morgan fingerprint density at radius 1 is 1.25 bits per heavy atom. The molecule has 0 spiro atoms. The van der Waals surface area contributed by atoms with Gasteiger partial charge in [0.1, 0.15) is 12.4 Å². The van der Waals surface area contributed by atoms with E-state index in [4.69, 9.17) is 4.74 Å². The first-order chi connectivity index (χ1) is 9.29. The highest BCUT2D eigenvalue weighted by Crippen LogP contribution is 2.22. The Bertz CT molecular complexity index is 464. The topological polar surface area (TPSA) is 61.6 Å². The van der Waals surface area contributed by atoms with Gasteiger partial charge in [0.2, 0.25) is 5.82 Å². The second-order valence-corrected chi connectivity index (χ2v) is 3.74. The van der Waals surface area contributed by atoms with E-state index in [-0.39, 0.29) is 25.4 Å². The number of benzene rings is 1. The van der Waals surface area contributed by atoms with Crippen LogP contribution >= 0.6 is 0 Å². The van der Waals surface area contributed by atoms with Crippen LogP contribution in [0.1, 0.15) is 6.42 Å². The van der Waals surface area contributed by atoms with E-state index in [1.165, 1.54) is 6.07 Å². The molecular weight excluding hydrogens is 286 g/mol. The van der Waals surface area contributed by atoms with Crippen LogP contribution in [0.3, 0.4) is 0 Å². The first-order valence-corrected chi connectivity index (χ1v) is 5.51. The number of hydrogen-bond acceptors (Lipinski definition) is 4. The van der Waals surface area contributed by atoms with Crippen molar-refractivity contribution >= 4 is 5.69 Å². The molecule has 20 heavy (non-hydrogen) atoms. The van der Waals surface area contributed by atoms with Crippen molar-refractivity contribution in [3.63, 3.8) is 0 Å². The lowest BCUT2D eigenvalue weighted by Crippen LogP contribution is -2.18. The average Bonchev–Trinajstić information content (AvgIpc) is 2.32. The number of halogens is 4. The third-order valence-corrected chi connectivity index (χ3v) is 2.08. The van der Waals surface area contributed by atoms with Crippen molar-refractivity contribution in [2.45, 2.75) is 12.6 Å². The molecule has 0 aromatic heterocycles. The van der Waals surface area contributed by atoms with Crippen molar-refractivity contribution in [2.75, 3.05) is 19.8 Å². The first kappa shape index (κ1) is 16.2. The van der Waals surface area contributed by atoms with Crippen LogP contribution < -0.4 is 4.74 Å². The molecule has 1 rings (SSSR count). The van der Waals surface area contributed by atoms with Gasteiger partial charge in [-0.25, -0.2) is 0 Å². The van der Waals surface area contributed by atoms with E-state index < -0.39 is 29.2 Å². The summed E-state index contributed by atoms with van der Waals surface area (Å²) in [7, 11) is 0. The van der Waals surface area contributed by atoms with Gasteiger partial charge < -0.3 is 9.47 Å². The molecule has 0 radical (unpaired) electrons. The van der Waals surface area contributed by atoms with E-state index in [1.54, 1.807) is 0 Å². The minimum Gasteiger partial charge on any atom is -0.493 e. The zero-order valence-electron chi connectivity index (χ0n) is 10.2. The van der Waals surface area contributed by atoms with E-state index in [2.05, 4.69) is 4.74 Å². The maximum atomic E-state index is 13.2. The number of nitro benzene ring substituents is 1. The summed E-state index contributed by atoms with van der Waals surface area (Å²) in [6.07, 6.45) is -4.20. The van der Waals surface area contributed by atoms with Gasteiger partial charge in [-0.3, -0.25) is 10.1 Å². The summed E-state index contributed by atoms with van der Waals surface area (Å²) in [6, 6.07) is 3.00. The summed E-state index contributed by atoms with van der Waals surface area (Å²) < 4.78 is 57.7. The fourth-order valence-corrected chi connectivity index (χ4v) is 1.26. The van der Waals surface area contributed by atoms with Crippen LogP contribution in [0.15, 0.2) is 18.2 Å². The smallest absolute Gasteiger partial charge is 0.411 e. The van der Waals surface area contributed by atoms with Crippen LogP contribution in [0.4, 0.5) is 23.2 Å². The van der Waals surface area contributed by atoms with Gasteiger partial charge in [0.25, 0.3) is 0 Å². The Hall–Kier alpha value is -1.90. The molecule has 0 saturated carbocycles. The Labute approximate surface area is 111 Å². The summed E-state index contributed by atoms with van der Waals surface area (Å²) in [5.41, 5.74) is -0.675. The molecule has 0 N–H and O–H groups in total. The molecule has 0 aliphatic heterocycles. The van der Waals surface area contributed by atoms with Gasteiger partial charge in [0, 0.05) is 18.6 Å². The fraction of sp³-hybridized carbons (Fsp3) is 0.455. The zero-order valence-corrected chi connectivity index (χ0v) is 10.2. The standard InChI is InChI=1S/C11H11F4NO4/c12-9-6-8(2-3-10(9)16(17)18)20-5-1-4-19-7-11(13,14)15/h2-3,6H,1,4-5,7H2. The van der Waals surface area contributed by atoms with Gasteiger partial charge in [0.15, 0.2) is 0 Å². The first-order valence-electron chi connectivity index (χ1n) is 5.51. The molecule has 9 heteroatoms. The second-order valence-electron chi connectivity index (χ2n) is 3.74. The Morgan fingerprint density at radius 3 is 2.50 bits per heavy atom. The molecule has 0 atom stereocenters. The number of alkyl halides is 3. The molecule has 1 aromatic rings. The summed E-state index contributed by atoms with van der Waals surface area (Å²) in [5.74, 6) is -0.982. The van der Waals surface area contributed by atoms with E-state index in [0.717, 1.165) is 12.1 Å². The van der Waals surface area contributed by atoms with Crippen molar-refractivity contribution in [1.29, 1.82) is 0 Å². The molecular formula is C11H11F4NO4. The van der Waals surface area contributed by atoms with Gasteiger partial charge in [-0.05, 0) is 6.07 Å². The van der Waals surface area contributed by atoms with Crippen molar-refractivity contribution in [3.8, 4) is 5.75 Å². The molecule has 0 unspecified atom stereocenters. The van der Waals surface area contributed by atoms with Crippen molar-refractivity contribution in [2.24, 2.45) is 0 Å². The van der Waals surface area contributed by atoms with Gasteiger partial charge in [-0.2, -0.15) is 17.6 Å². The van der Waals surface area contributed by atoms with Crippen molar-refractivity contribution < 1.29 is 32.0 Å². The zero-order chi connectivity index (χ0) is 15.2. The predicted molar refractivity (Wildman–Crippen MR) is 60.0 cm³/mol. The van der Waals surface area contributed by atoms with Crippen molar-refractivity contribution in [3.05, 3.63) is 34.1 Å². The number of ether oxygens (including phenoxy) is 2. The Balaban J connectivity index is 2.29. The number of nitrogens with zero attached hydrogens (tertiary/aromatic N) is 1. The highest BCUT2D eigenvalue weighted by molar-refractivity contribution is 5.37. The predicted octanol–water partition coefficient (Wildman–Crippen LogP) is 3.08. The summed E-state index contributed by atoms with van der Waals surface area (Å²) in [6.45, 7) is -1.48. The number of hydrogen-bond donors (Lipinski definition) is 0. The van der Waals surface area contributed by atoms with Crippen LogP contribution in [0.25, 0.3) is 0 Å². The summed E-state index contributed by atoms with van der Waals surface area (Å²) >= 11 is 0. The molecule has 1 aromatic carbocycles. The molecule has 0 aliphatic carbocycles. The molecule has 112 valence electrons. The van der Waals surface area contributed by atoms with E-state index >= 15 is 0 Å². The SMILES string of the molecule is O=[N+]([O-])c1ccc(OCCCOCC(F)(F)F)cc1F. The van der Waals surface area contributed by atoms with Crippen molar-refractivity contribution in [1.82, 2.24) is 0 Å². The quantitative estimate of drug-likeness (QED) is 0.336. The molecule has 0 aliphatic rings. The van der Waals surface area contributed by atoms with E-state index in [0.29, 0.717) is 0 Å². The van der Waals surface area contributed by atoms with Gasteiger partial charge in [-0.1, -0.05) is 0 Å². The molecule has 0 saturated heterocycles. The largest absolute Gasteiger partial charge is 0.493 e. The van der Waals surface area contributed by atoms with Gasteiger partial charge in [0.05, 0.1) is 18.1 Å².